The van der Waals surface area contributed by atoms with Gasteiger partial charge in [0.25, 0.3) is 0 Å². The van der Waals surface area contributed by atoms with Crippen molar-refractivity contribution in [3.8, 4) is 0 Å². The fourth-order valence-electron chi connectivity index (χ4n) is 0.777. The minimum atomic E-state index is 0.494. The molecule has 0 unspecified atom stereocenters. The van der Waals surface area contributed by atoms with E-state index in [0.717, 1.165) is 13.0 Å². The van der Waals surface area contributed by atoms with E-state index in [2.05, 4.69) is 0 Å². The maximum absolute atomic E-state index is 5.29. The van der Waals surface area contributed by atoms with Gasteiger partial charge in [-0.15, -0.1) is 0 Å². The summed E-state index contributed by atoms with van der Waals surface area (Å²) in [5, 5.41) is 5.29. The second kappa shape index (κ2) is 3.06. The summed E-state index contributed by atoms with van der Waals surface area (Å²) in [5.41, 5.74) is 5.29. The van der Waals surface area contributed by atoms with Crippen molar-refractivity contribution in [2.45, 2.75) is 13.0 Å². The molecule has 3 heteroatoms. The summed E-state index contributed by atoms with van der Waals surface area (Å²) in [6.07, 6.45) is 4.72. The number of amidine groups is 1. The number of hydrogen-bond donors (Lipinski definition) is 2. The fraction of sp³-hybridized carbons (Fsp3) is 0.286. The van der Waals surface area contributed by atoms with Gasteiger partial charge >= 0.3 is 0 Å². The van der Waals surface area contributed by atoms with Crippen molar-refractivity contribution in [1.29, 1.82) is 0 Å². The van der Waals surface area contributed by atoms with E-state index in [0.29, 0.717) is 5.84 Å². The molecule has 10 heavy (non-hydrogen) atoms. The first kappa shape index (κ1) is 6.86. The van der Waals surface area contributed by atoms with Gasteiger partial charge in [0.05, 0.1) is 6.42 Å². The minimum Gasteiger partial charge on any atom is -0.354 e. The van der Waals surface area contributed by atoms with Crippen molar-refractivity contribution < 1.29 is 5.41 Å². The van der Waals surface area contributed by atoms with E-state index in [9.17, 15) is 0 Å². The number of nitrogens with zero attached hydrogens (tertiary/aromatic N) is 1. The largest absolute Gasteiger partial charge is 0.354 e. The van der Waals surface area contributed by atoms with Gasteiger partial charge in [0, 0.05) is 18.9 Å². The van der Waals surface area contributed by atoms with Gasteiger partial charge in [-0.05, 0) is 12.1 Å². The number of hydrogen-bond acceptors (Lipinski definition) is 0. The Labute approximate surface area is 60.0 Å². The number of aryl methyl sites for hydroxylation is 1. The molecule has 54 valence electrons. The highest BCUT2D eigenvalue weighted by Crippen LogP contribution is 1.90. The predicted octanol–water partition coefficient (Wildman–Crippen LogP) is -1.01. The molecule has 0 fully saturated rings. The zero-order valence-electron chi connectivity index (χ0n) is 5.83. The van der Waals surface area contributed by atoms with E-state index in [1.165, 1.54) is 0 Å². The average Bonchev–Trinajstić information content (AvgIpc) is 2.34. The van der Waals surface area contributed by atoms with E-state index < -0.39 is 0 Å². The Kier molecular flexibility index (Phi) is 2.10. The molecule has 4 N–H and O–H groups in total. The van der Waals surface area contributed by atoms with Crippen molar-refractivity contribution in [2.24, 2.45) is 5.73 Å². The molecule has 0 aliphatic rings. The Morgan fingerprint density at radius 3 is 2.50 bits per heavy atom. The number of rotatable bonds is 3. The Hall–Kier alpha value is -1.25. The molecule has 0 amide bonds. The van der Waals surface area contributed by atoms with E-state index in [4.69, 9.17) is 11.1 Å². The van der Waals surface area contributed by atoms with Crippen LogP contribution in [0.5, 0.6) is 0 Å². The molecule has 0 spiro atoms. The molecule has 1 rings (SSSR count). The molecule has 0 radical (unpaired) electrons. The van der Waals surface area contributed by atoms with Gasteiger partial charge in [0.2, 0.25) is 5.84 Å². The van der Waals surface area contributed by atoms with E-state index in [1.54, 1.807) is 0 Å². The molecule has 1 aromatic rings. The van der Waals surface area contributed by atoms with Crippen LogP contribution in [0.4, 0.5) is 0 Å². The van der Waals surface area contributed by atoms with Crippen LogP contribution in [0.3, 0.4) is 0 Å². The van der Waals surface area contributed by atoms with Crippen molar-refractivity contribution in [3.05, 3.63) is 24.5 Å². The summed E-state index contributed by atoms with van der Waals surface area (Å²) in [7, 11) is 0. The van der Waals surface area contributed by atoms with Crippen LogP contribution in [-0.2, 0) is 6.54 Å². The lowest BCUT2D eigenvalue weighted by molar-refractivity contribution is -0.118. The molecule has 0 saturated heterocycles. The summed E-state index contributed by atoms with van der Waals surface area (Å²) in [5.74, 6) is 0.494. The Bertz CT molecular complexity index is 201. The Morgan fingerprint density at radius 2 is 2.00 bits per heavy atom. The second-order valence-corrected chi connectivity index (χ2v) is 2.25. The monoisotopic (exact) mass is 138 g/mol. The Morgan fingerprint density at radius 1 is 1.40 bits per heavy atom. The van der Waals surface area contributed by atoms with E-state index in [1.807, 2.05) is 29.1 Å². The molecule has 0 aliphatic carbocycles. The predicted molar refractivity (Wildman–Crippen MR) is 40.2 cm³/mol. The quantitative estimate of drug-likeness (QED) is 0.408. The summed E-state index contributed by atoms with van der Waals surface area (Å²) >= 11 is 0. The van der Waals surface area contributed by atoms with Crippen molar-refractivity contribution >= 4 is 5.84 Å². The van der Waals surface area contributed by atoms with Crippen LogP contribution in [0.25, 0.3) is 0 Å². The van der Waals surface area contributed by atoms with Crippen molar-refractivity contribution in [2.75, 3.05) is 0 Å². The average molecular weight is 138 g/mol. The van der Waals surface area contributed by atoms with E-state index >= 15 is 0 Å². The summed E-state index contributed by atoms with van der Waals surface area (Å²) < 4.78 is 2.04. The normalized spacial score (nSPS) is 9.60. The third kappa shape index (κ3) is 1.93. The maximum Gasteiger partial charge on any atom is 0.240 e. The van der Waals surface area contributed by atoms with Gasteiger partial charge in [0.1, 0.15) is 0 Å². The molecule has 0 bridgehead atoms. The fourth-order valence-corrected chi connectivity index (χ4v) is 0.777. The van der Waals surface area contributed by atoms with Crippen LogP contribution in [-0.4, -0.2) is 10.4 Å². The summed E-state index contributed by atoms with van der Waals surface area (Å²) in [6.45, 7) is 0.870. The molecule has 3 nitrogen and oxygen atoms in total. The molecule has 0 aromatic carbocycles. The minimum absolute atomic E-state index is 0.494. The second-order valence-electron chi connectivity index (χ2n) is 2.25. The molecule has 0 saturated carbocycles. The first-order valence-corrected chi connectivity index (χ1v) is 3.26. The number of aromatic nitrogens is 1. The van der Waals surface area contributed by atoms with Crippen LogP contribution in [0.2, 0.25) is 0 Å². The molecule has 1 heterocycles. The van der Waals surface area contributed by atoms with Crippen molar-refractivity contribution in [3.63, 3.8) is 0 Å². The van der Waals surface area contributed by atoms with Crippen molar-refractivity contribution in [1.82, 2.24) is 4.57 Å². The highest BCUT2D eigenvalue weighted by Gasteiger charge is 1.94. The molecule has 0 aliphatic heterocycles. The van der Waals surface area contributed by atoms with Crippen LogP contribution < -0.4 is 11.1 Å². The smallest absolute Gasteiger partial charge is 0.240 e. The zero-order chi connectivity index (χ0) is 7.40. The lowest BCUT2D eigenvalue weighted by Crippen LogP contribution is -2.45. The molecule has 1 aromatic heterocycles. The van der Waals surface area contributed by atoms with Crippen LogP contribution in [0.1, 0.15) is 6.42 Å². The third-order valence-electron chi connectivity index (χ3n) is 1.32. The molecular weight excluding hydrogens is 126 g/mol. The third-order valence-corrected chi connectivity index (χ3v) is 1.32. The van der Waals surface area contributed by atoms with Crippen LogP contribution in [0.15, 0.2) is 24.5 Å². The molecule has 0 atom stereocenters. The first-order valence-electron chi connectivity index (χ1n) is 3.26. The number of nitrogens with two attached hydrogens (primary N) is 2. The SMILES string of the molecule is NC(=[NH2+])CCn1cccc1. The van der Waals surface area contributed by atoms with Gasteiger partial charge in [-0.3, -0.25) is 11.1 Å². The highest BCUT2D eigenvalue weighted by atomic mass is 14.9. The van der Waals surface area contributed by atoms with Gasteiger partial charge < -0.3 is 4.57 Å². The zero-order valence-corrected chi connectivity index (χ0v) is 5.83. The standard InChI is InChI=1S/C7H11N3/c8-7(9)3-6-10-4-1-2-5-10/h1-2,4-5H,3,6H2,(H3,8,9)/p+1. The molecular formula is C7H12N3+. The topological polar surface area (TPSA) is 56.5 Å². The van der Waals surface area contributed by atoms with E-state index in [-0.39, 0.29) is 0 Å². The van der Waals surface area contributed by atoms with Gasteiger partial charge in [0.15, 0.2) is 0 Å². The van der Waals surface area contributed by atoms with Gasteiger partial charge in [-0.2, -0.15) is 0 Å². The lowest BCUT2D eigenvalue weighted by Gasteiger charge is -1.96. The summed E-state index contributed by atoms with van der Waals surface area (Å²) in [4.78, 5) is 0. The highest BCUT2D eigenvalue weighted by molar-refractivity contribution is 5.73. The summed E-state index contributed by atoms with van der Waals surface area (Å²) in [6, 6.07) is 3.96. The maximum atomic E-state index is 5.29. The van der Waals surface area contributed by atoms with Crippen LogP contribution in [0, 0.1) is 0 Å². The van der Waals surface area contributed by atoms with Crippen LogP contribution >= 0.6 is 0 Å². The lowest BCUT2D eigenvalue weighted by atomic mass is 10.4. The Balaban J connectivity index is 2.35. The van der Waals surface area contributed by atoms with Gasteiger partial charge in [-0.25, -0.2) is 0 Å². The first-order chi connectivity index (χ1) is 4.79. The van der Waals surface area contributed by atoms with Gasteiger partial charge in [-0.1, -0.05) is 0 Å².